The summed E-state index contributed by atoms with van der Waals surface area (Å²) in [5.41, 5.74) is 1.67. The molecule has 7 nitrogen and oxygen atoms in total. The minimum atomic E-state index is -0.413. The van der Waals surface area contributed by atoms with Crippen molar-refractivity contribution in [1.82, 2.24) is 9.36 Å². The van der Waals surface area contributed by atoms with Gasteiger partial charge in [-0.3, -0.25) is 19.2 Å². The van der Waals surface area contributed by atoms with Crippen LogP contribution in [0.5, 0.6) is 11.5 Å². The van der Waals surface area contributed by atoms with Gasteiger partial charge in [0.25, 0.3) is 11.5 Å². The van der Waals surface area contributed by atoms with Crippen LogP contribution in [0.1, 0.15) is 11.3 Å². The van der Waals surface area contributed by atoms with E-state index in [4.69, 9.17) is 12.2 Å². The van der Waals surface area contributed by atoms with Crippen LogP contribution < -0.4 is 10.5 Å². The lowest BCUT2D eigenvalue weighted by Gasteiger charge is -2.12. The maximum Gasteiger partial charge on any atom is 0.296 e. The molecule has 1 amide bonds. The minimum Gasteiger partial charge on any atom is -0.504 e. The van der Waals surface area contributed by atoms with Crippen molar-refractivity contribution in [3.8, 4) is 17.2 Å². The number of hydrogen-bond acceptors (Lipinski definition) is 6. The molecule has 4 rings (SSSR count). The Morgan fingerprint density at radius 3 is 2.40 bits per heavy atom. The molecule has 1 saturated heterocycles. The van der Waals surface area contributed by atoms with Gasteiger partial charge in [0.15, 0.2) is 15.8 Å². The number of nitrogens with zero attached hydrogens (tertiary/aromatic N) is 3. The van der Waals surface area contributed by atoms with Gasteiger partial charge in [-0.25, -0.2) is 4.68 Å². The van der Waals surface area contributed by atoms with E-state index < -0.39 is 5.91 Å². The molecule has 0 radical (unpaired) electrons. The molecule has 0 spiro atoms. The van der Waals surface area contributed by atoms with Crippen molar-refractivity contribution < 1.29 is 15.0 Å². The van der Waals surface area contributed by atoms with E-state index in [0.717, 1.165) is 11.8 Å². The summed E-state index contributed by atoms with van der Waals surface area (Å²) in [6, 6.07) is 13.4. The predicted octanol–water partition coefficient (Wildman–Crippen LogP) is 3.30. The van der Waals surface area contributed by atoms with E-state index >= 15 is 0 Å². The summed E-state index contributed by atoms with van der Waals surface area (Å²) in [4.78, 5) is 27.9. The highest BCUT2D eigenvalue weighted by atomic mass is 32.2. The number of thiocarbonyl (C=S) groups is 1. The fourth-order valence-corrected chi connectivity index (χ4v) is 4.52. The molecule has 1 aromatic heterocycles. The third-order valence-corrected chi connectivity index (χ3v) is 6.14. The average molecular weight is 440 g/mol. The molecule has 0 saturated carbocycles. The quantitative estimate of drug-likeness (QED) is 0.370. The molecule has 1 aliphatic rings. The van der Waals surface area contributed by atoms with E-state index in [-0.39, 0.29) is 27.1 Å². The highest BCUT2D eigenvalue weighted by molar-refractivity contribution is 8.27. The fourth-order valence-electron chi connectivity index (χ4n) is 3.25. The maximum absolute atomic E-state index is 13.2. The Bertz CT molecular complexity index is 1280. The number of benzene rings is 2. The molecule has 0 atom stereocenters. The van der Waals surface area contributed by atoms with Gasteiger partial charge in [-0.1, -0.05) is 48.2 Å². The molecular formula is C21H17N3O4S2. The van der Waals surface area contributed by atoms with Crippen molar-refractivity contribution >= 4 is 46.0 Å². The summed E-state index contributed by atoms with van der Waals surface area (Å²) in [5.74, 6) is -0.950. The van der Waals surface area contributed by atoms with Crippen molar-refractivity contribution in [3.05, 3.63) is 75.0 Å². The Morgan fingerprint density at radius 1 is 1.03 bits per heavy atom. The molecule has 0 aliphatic carbocycles. The Hall–Kier alpha value is -3.30. The molecule has 3 aromatic rings. The average Bonchev–Trinajstić information content (AvgIpc) is 3.11. The van der Waals surface area contributed by atoms with Crippen molar-refractivity contribution in [2.75, 3.05) is 4.90 Å². The van der Waals surface area contributed by atoms with Crippen LogP contribution in [0.3, 0.4) is 0 Å². The Balaban J connectivity index is 1.78. The van der Waals surface area contributed by atoms with Crippen LogP contribution >= 0.6 is 24.0 Å². The molecule has 2 aromatic carbocycles. The van der Waals surface area contributed by atoms with Gasteiger partial charge in [-0.2, -0.15) is 0 Å². The van der Waals surface area contributed by atoms with E-state index in [1.807, 2.05) is 30.3 Å². The second kappa shape index (κ2) is 7.51. The first-order valence-corrected chi connectivity index (χ1v) is 10.2. The molecule has 9 heteroatoms. The first-order chi connectivity index (χ1) is 14.3. The molecule has 1 aliphatic heterocycles. The molecule has 152 valence electrons. The van der Waals surface area contributed by atoms with E-state index in [1.165, 1.54) is 21.7 Å². The second-order valence-corrected chi connectivity index (χ2v) is 8.35. The van der Waals surface area contributed by atoms with E-state index in [2.05, 4.69) is 0 Å². The van der Waals surface area contributed by atoms with Gasteiger partial charge in [-0.15, -0.1) is 0 Å². The van der Waals surface area contributed by atoms with Crippen LogP contribution in [0.25, 0.3) is 11.8 Å². The van der Waals surface area contributed by atoms with Crippen molar-refractivity contribution in [3.63, 3.8) is 0 Å². The summed E-state index contributed by atoms with van der Waals surface area (Å²) < 4.78 is 3.43. The van der Waals surface area contributed by atoms with Gasteiger partial charge in [0.1, 0.15) is 5.69 Å². The zero-order chi connectivity index (χ0) is 21.6. The third-order valence-electron chi connectivity index (χ3n) is 4.84. The summed E-state index contributed by atoms with van der Waals surface area (Å²) in [6.07, 6.45) is 1.56. The van der Waals surface area contributed by atoms with Crippen LogP contribution in [0, 0.1) is 6.92 Å². The highest BCUT2D eigenvalue weighted by Gasteiger charge is 2.37. The molecule has 0 unspecified atom stereocenters. The monoisotopic (exact) mass is 439 g/mol. The summed E-state index contributed by atoms with van der Waals surface area (Å²) >= 11 is 6.49. The first-order valence-electron chi connectivity index (χ1n) is 8.93. The van der Waals surface area contributed by atoms with Crippen LogP contribution in [0.4, 0.5) is 5.69 Å². The van der Waals surface area contributed by atoms with Crippen molar-refractivity contribution in [2.24, 2.45) is 7.05 Å². The largest absolute Gasteiger partial charge is 0.504 e. The van der Waals surface area contributed by atoms with Gasteiger partial charge in [-0.05, 0) is 42.8 Å². The number of para-hydroxylation sites is 1. The predicted molar refractivity (Wildman–Crippen MR) is 121 cm³/mol. The molecule has 2 N–H and O–H groups in total. The number of phenolic OH excluding ortho intramolecular Hbond substituents is 2. The number of carbonyl (C=O) groups excluding carboxylic acids is 1. The summed E-state index contributed by atoms with van der Waals surface area (Å²) in [7, 11) is 1.75. The second-order valence-electron chi connectivity index (χ2n) is 6.68. The van der Waals surface area contributed by atoms with Crippen LogP contribution in [-0.4, -0.2) is 29.8 Å². The molecule has 1 fully saturated rings. The standard InChI is InChI=1S/C21H17N3O4S2/c1-12-18(20(28)24(22(12)2)14-6-4-3-5-7-14)23-19(27)17(30-21(23)29)11-13-8-9-15(25)16(26)10-13/h3-11,25-26H,1-2H3/b17-11-. The van der Waals surface area contributed by atoms with Crippen LogP contribution in [-0.2, 0) is 11.8 Å². The first kappa shape index (κ1) is 20.0. The lowest BCUT2D eigenvalue weighted by Crippen LogP contribution is -2.33. The Morgan fingerprint density at radius 2 is 1.73 bits per heavy atom. The van der Waals surface area contributed by atoms with Crippen LogP contribution in [0.2, 0.25) is 0 Å². The summed E-state index contributed by atoms with van der Waals surface area (Å²) in [5, 5.41) is 19.1. The molecule has 30 heavy (non-hydrogen) atoms. The van der Waals surface area contributed by atoms with Gasteiger partial charge in [0, 0.05) is 7.05 Å². The van der Waals surface area contributed by atoms with E-state index in [9.17, 15) is 19.8 Å². The summed E-state index contributed by atoms with van der Waals surface area (Å²) in [6.45, 7) is 1.76. The van der Waals surface area contributed by atoms with E-state index in [0.29, 0.717) is 21.8 Å². The highest BCUT2D eigenvalue weighted by Crippen LogP contribution is 2.37. The van der Waals surface area contributed by atoms with Gasteiger partial charge in [0.05, 0.1) is 16.3 Å². The van der Waals surface area contributed by atoms with Gasteiger partial charge in [0.2, 0.25) is 0 Å². The number of anilines is 1. The number of rotatable bonds is 3. The molecule has 2 heterocycles. The number of aromatic nitrogens is 2. The topological polar surface area (TPSA) is 87.7 Å². The smallest absolute Gasteiger partial charge is 0.296 e. The lowest BCUT2D eigenvalue weighted by atomic mass is 10.2. The van der Waals surface area contributed by atoms with Crippen LogP contribution in [0.15, 0.2) is 58.2 Å². The third kappa shape index (κ3) is 3.21. The van der Waals surface area contributed by atoms with Gasteiger partial charge >= 0.3 is 0 Å². The number of carbonyl (C=O) groups is 1. The maximum atomic E-state index is 13.2. The van der Waals surface area contributed by atoms with Crippen molar-refractivity contribution in [1.29, 1.82) is 0 Å². The molecular weight excluding hydrogens is 422 g/mol. The number of aromatic hydroxyl groups is 2. The molecule has 0 bridgehead atoms. The number of phenols is 2. The fraction of sp³-hybridized carbons (Fsp3) is 0.0952. The Kier molecular flexibility index (Phi) is 5.00. The number of hydrogen-bond donors (Lipinski definition) is 2. The zero-order valence-corrected chi connectivity index (χ0v) is 17.7. The lowest BCUT2D eigenvalue weighted by molar-refractivity contribution is -0.113. The number of amides is 1. The van der Waals surface area contributed by atoms with Gasteiger partial charge < -0.3 is 10.2 Å². The minimum absolute atomic E-state index is 0.209. The normalized spacial score (nSPS) is 15.4. The van der Waals surface area contributed by atoms with E-state index in [1.54, 1.807) is 30.8 Å². The Labute approximate surface area is 181 Å². The van der Waals surface area contributed by atoms with Crippen molar-refractivity contribution in [2.45, 2.75) is 6.92 Å². The zero-order valence-electron chi connectivity index (χ0n) is 16.1. The SMILES string of the molecule is Cc1c(N2C(=O)/C(=C/c3ccc(O)c(O)c3)SC2=S)c(=O)n(-c2ccccc2)n1C. The number of thioether (sulfide) groups is 1.